The molecule has 1 atom stereocenters. The van der Waals surface area contributed by atoms with E-state index in [4.69, 9.17) is 0 Å². The summed E-state index contributed by atoms with van der Waals surface area (Å²) in [5.41, 5.74) is -0.501. The second-order valence-corrected chi connectivity index (χ2v) is 6.83. The molecule has 6 heteroatoms. The van der Waals surface area contributed by atoms with E-state index in [0.717, 1.165) is 17.8 Å². The SMILES string of the molecule is CCC(CC)c1nnc(NC(=O)CC(C)(O)c2ccccc2)s1. The van der Waals surface area contributed by atoms with Crippen molar-refractivity contribution < 1.29 is 9.90 Å². The van der Waals surface area contributed by atoms with Crippen LogP contribution < -0.4 is 5.32 Å². The molecule has 5 nitrogen and oxygen atoms in total. The maximum Gasteiger partial charge on any atom is 0.229 e. The highest BCUT2D eigenvalue weighted by Crippen LogP contribution is 2.29. The summed E-state index contributed by atoms with van der Waals surface area (Å²) in [5, 5.41) is 22.9. The van der Waals surface area contributed by atoms with Crippen molar-refractivity contribution in [2.24, 2.45) is 0 Å². The van der Waals surface area contributed by atoms with Crippen molar-refractivity contribution in [2.75, 3.05) is 5.32 Å². The fourth-order valence-corrected chi connectivity index (χ4v) is 3.49. The van der Waals surface area contributed by atoms with E-state index >= 15 is 0 Å². The standard InChI is InChI=1S/C17H23N3O2S/c1-4-12(5-2)15-19-20-16(23-15)18-14(21)11-17(3,22)13-9-7-6-8-10-13/h6-10,12,22H,4-5,11H2,1-3H3,(H,18,20,21). The van der Waals surface area contributed by atoms with Gasteiger partial charge in [0.1, 0.15) is 5.01 Å². The van der Waals surface area contributed by atoms with Gasteiger partial charge in [-0.05, 0) is 25.3 Å². The highest BCUT2D eigenvalue weighted by Gasteiger charge is 2.27. The molecular weight excluding hydrogens is 310 g/mol. The van der Waals surface area contributed by atoms with E-state index in [2.05, 4.69) is 29.4 Å². The van der Waals surface area contributed by atoms with E-state index in [0.29, 0.717) is 16.6 Å². The molecule has 0 aliphatic rings. The number of hydrogen-bond donors (Lipinski definition) is 2. The third kappa shape index (κ3) is 4.59. The summed E-state index contributed by atoms with van der Waals surface area (Å²) in [5.74, 6) is 0.108. The molecule has 124 valence electrons. The first-order valence-corrected chi connectivity index (χ1v) is 8.69. The molecule has 1 amide bonds. The number of aromatic nitrogens is 2. The van der Waals surface area contributed by atoms with Crippen LogP contribution in [0.1, 0.15) is 56.5 Å². The maximum atomic E-state index is 12.2. The minimum Gasteiger partial charge on any atom is -0.385 e. The van der Waals surface area contributed by atoms with E-state index in [9.17, 15) is 9.90 Å². The summed E-state index contributed by atoms with van der Waals surface area (Å²) < 4.78 is 0. The highest BCUT2D eigenvalue weighted by atomic mass is 32.1. The first-order chi connectivity index (χ1) is 11.0. The smallest absolute Gasteiger partial charge is 0.229 e. The number of rotatable bonds is 7. The molecule has 1 aromatic heterocycles. The fourth-order valence-electron chi connectivity index (χ4n) is 2.46. The Labute approximate surface area is 140 Å². The zero-order chi connectivity index (χ0) is 16.9. The molecule has 1 heterocycles. The van der Waals surface area contributed by atoms with Crippen LogP contribution in [-0.2, 0) is 10.4 Å². The van der Waals surface area contributed by atoms with Crippen molar-refractivity contribution in [3.63, 3.8) is 0 Å². The van der Waals surface area contributed by atoms with Gasteiger partial charge in [0.25, 0.3) is 0 Å². The summed E-state index contributed by atoms with van der Waals surface area (Å²) in [6.07, 6.45) is 1.97. The Hall–Kier alpha value is -1.79. The molecule has 0 bridgehead atoms. The zero-order valence-electron chi connectivity index (χ0n) is 13.7. The normalized spacial score (nSPS) is 13.8. The number of amides is 1. The summed E-state index contributed by atoms with van der Waals surface area (Å²) in [6.45, 7) is 5.87. The number of carbonyl (C=O) groups excluding carboxylic acids is 1. The molecule has 0 fully saturated rings. The number of carbonyl (C=O) groups is 1. The van der Waals surface area contributed by atoms with Crippen molar-refractivity contribution in [3.8, 4) is 0 Å². The predicted molar refractivity (Wildman–Crippen MR) is 92.5 cm³/mol. The van der Waals surface area contributed by atoms with Crippen molar-refractivity contribution in [3.05, 3.63) is 40.9 Å². The van der Waals surface area contributed by atoms with Crippen LogP contribution in [0.5, 0.6) is 0 Å². The molecule has 0 saturated carbocycles. The number of hydrogen-bond acceptors (Lipinski definition) is 5. The Balaban J connectivity index is 2.00. The number of nitrogens with one attached hydrogen (secondary N) is 1. The minimum atomic E-state index is -1.21. The predicted octanol–water partition coefficient (Wildman–Crippen LogP) is 3.68. The van der Waals surface area contributed by atoms with E-state index in [1.165, 1.54) is 11.3 Å². The lowest BCUT2D eigenvalue weighted by Crippen LogP contribution is -2.28. The lowest BCUT2D eigenvalue weighted by Gasteiger charge is -2.22. The second kappa shape index (κ2) is 7.66. The average Bonchev–Trinajstić information content (AvgIpc) is 2.97. The Morgan fingerprint density at radius 3 is 2.52 bits per heavy atom. The van der Waals surface area contributed by atoms with Crippen LogP contribution in [-0.4, -0.2) is 21.2 Å². The maximum absolute atomic E-state index is 12.2. The Morgan fingerprint density at radius 1 is 1.26 bits per heavy atom. The Morgan fingerprint density at radius 2 is 1.91 bits per heavy atom. The number of aliphatic hydroxyl groups is 1. The van der Waals surface area contributed by atoms with Crippen molar-refractivity contribution in [1.82, 2.24) is 10.2 Å². The molecule has 0 radical (unpaired) electrons. The fraction of sp³-hybridized carbons (Fsp3) is 0.471. The van der Waals surface area contributed by atoms with Gasteiger partial charge in [-0.15, -0.1) is 10.2 Å². The van der Waals surface area contributed by atoms with Crippen molar-refractivity contribution in [2.45, 2.75) is 51.6 Å². The quantitative estimate of drug-likeness (QED) is 0.810. The third-order valence-corrected chi connectivity index (χ3v) is 4.92. The first-order valence-electron chi connectivity index (χ1n) is 7.87. The summed E-state index contributed by atoms with van der Waals surface area (Å²) in [7, 11) is 0. The van der Waals surface area contributed by atoms with E-state index < -0.39 is 5.60 Å². The van der Waals surface area contributed by atoms with Crippen LogP contribution in [0.3, 0.4) is 0 Å². The van der Waals surface area contributed by atoms with Crippen LogP contribution in [0.15, 0.2) is 30.3 Å². The van der Waals surface area contributed by atoms with Crippen LogP contribution in [0.25, 0.3) is 0 Å². The molecule has 0 spiro atoms. The molecule has 1 unspecified atom stereocenters. The number of benzene rings is 1. The van der Waals surface area contributed by atoms with Crippen LogP contribution >= 0.6 is 11.3 Å². The molecule has 1 aromatic carbocycles. The van der Waals surface area contributed by atoms with E-state index in [1.807, 2.05) is 30.3 Å². The monoisotopic (exact) mass is 333 g/mol. The largest absolute Gasteiger partial charge is 0.385 e. The van der Waals surface area contributed by atoms with Crippen molar-refractivity contribution >= 4 is 22.4 Å². The first kappa shape index (κ1) is 17.6. The average molecular weight is 333 g/mol. The van der Waals surface area contributed by atoms with Gasteiger partial charge in [-0.2, -0.15) is 0 Å². The van der Waals surface area contributed by atoms with E-state index in [-0.39, 0.29) is 12.3 Å². The van der Waals surface area contributed by atoms with Gasteiger partial charge in [0, 0.05) is 5.92 Å². The van der Waals surface area contributed by atoms with Crippen LogP contribution in [0, 0.1) is 0 Å². The molecule has 2 N–H and O–H groups in total. The molecule has 0 aliphatic heterocycles. The highest BCUT2D eigenvalue weighted by molar-refractivity contribution is 7.15. The molecule has 23 heavy (non-hydrogen) atoms. The van der Waals surface area contributed by atoms with Gasteiger partial charge in [-0.25, -0.2) is 0 Å². The second-order valence-electron chi connectivity index (χ2n) is 5.82. The molecule has 2 aromatic rings. The van der Waals surface area contributed by atoms with Gasteiger partial charge in [0.2, 0.25) is 11.0 Å². The Bertz CT molecular complexity index is 636. The minimum absolute atomic E-state index is 0.0308. The Kier molecular flexibility index (Phi) is 5.85. The van der Waals surface area contributed by atoms with Crippen LogP contribution in [0.4, 0.5) is 5.13 Å². The molecular formula is C17H23N3O2S. The number of nitrogens with zero attached hydrogens (tertiary/aromatic N) is 2. The van der Waals surface area contributed by atoms with Gasteiger partial charge in [-0.1, -0.05) is 55.5 Å². The summed E-state index contributed by atoms with van der Waals surface area (Å²) >= 11 is 1.40. The molecule has 0 aliphatic carbocycles. The van der Waals surface area contributed by atoms with Crippen LogP contribution in [0.2, 0.25) is 0 Å². The summed E-state index contributed by atoms with van der Waals surface area (Å²) in [4.78, 5) is 12.2. The van der Waals surface area contributed by atoms with E-state index in [1.54, 1.807) is 6.92 Å². The van der Waals surface area contributed by atoms with Gasteiger partial charge in [-0.3, -0.25) is 4.79 Å². The molecule has 2 rings (SSSR count). The third-order valence-electron chi connectivity index (χ3n) is 3.92. The van der Waals surface area contributed by atoms with Gasteiger partial charge >= 0.3 is 0 Å². The lowest BCUT2D eigenvalue weighted by molar-refractivity contribution is -0.120. The van der Waals surface area contributed by atoms with Gasteiger partial charge < -0.3 is 10.4 Å². The van der Waals surface area contributed by atoms with Crippen molar-refractivity contribution in [1.29, 1.82) is 0 Å². The molecule has 0 saturated heterocycles. The lowest BCUT2D eigenvalue weighted by atomic mass is 9.92. The van der Waals surface area contributed by atoms with Gasteiger partial charge in [0.15, 0.2) is 0 Å². The summed E-state index contributed by atoms with van der Waals surface area (Å²) in [6, 6.07) is 9.18. The van der Waals surface area contributed by atoms with Gasteiger partial charge in [0.05, 0.1) is 12.0 Å². The topological polar surface area (TPSA) is 75.1 Å². The number of anilines is 1. The zero-order valence-corrected chi connectivity index (χ0v) is 14.6.